The Hall–Kier alpha value is -3.38. The van der Waals surface area contributed by atoms with Crippen LogP contribution in [-0.2, 0) is 19.1 Å². The van der Waals surface area contributed by atoms with Crippen LogP contribution < -0.4 is 10.6 Å². The van der Waals surface area contributed by atoms with Gasteiger partial charge in [-0.05, 0) is 57.7 Å². The summed E-state index contributed by atoms with van der Waals surface area (Å²) in [7, 11) is 1.73. The number of fused-ring (bicyclic) bond motifs is 2. The summed E-state index contributed by atoms with van der Waals surface area (Å²) < 4.78 is 5.20. The Bertz CT molecular complexity index is 1340. The third kappa shape index (κ3) is 5.85. The zero-order chi connectivity index (χ0) is 31.0. The van der Waals surface area contributed by atoms with Gasteiger partial charge in [-0.2, -0.15) is 0 Å². The first kappa shape index (κ1) is 30.6. The third-order valence-electron chi connectivity index (χ3n) is 9.80. The van der Waals surface area contributed by atoms with Gasteiger partial charge in [-0.15, -0.1) is 11.8 Å². The van der Waals surface area contributed by atoms with E-state index < -0.39 is 18.1 Å². The van der Waals surface area contributed by atoms with Crippen molar-refractivity contribution in [1.29, 1.82) is 0 Å². The van der Waals surface area contributed by atoms with Crippen molar-refractivity contribution in [2.75, 3.05) is 26.0 Å². The van der Waals surface area contributed by atoms with E-state index in [4.69, 9.17) is 4.74 Å². The number of allylic oxidation sites excluding steroid dienone is 1. The van der Waals surface area contributed by atoms with E-state index in [1.165, 1.54) is 11.8 Å². The highest BCUT2D eigenvalue weighted by Gasteiger charge is 2.48. The molecule has 1 aromatic rings. The maximum Gasteiger partial charge on any atom is 0.329 e. The molecule has 4 aliphatic heterocycles. The summed E-state index contributed by atoms with van der Waals surface area (Å²) in [4.78, 5) is 71.3. The molecule has 1 aromatic carbocycles. The summed E-state index contributed by atoms with van der Waals surface area (Å²) in [6.45, 7) is 2.76. The number of rotatable bonds is 9. The average Bonchev–Trinajstić information content (AvgIpc) is 3.86. The molecular formula is C32H41N5O6S. The highest BCUT2D eigenvalue weighted by Crippen LogP contribution is 2.36. The molecule has 5 atom stereocenters. The van der Waals surface area contributed by atoms with Crippen LogP contribution in [0.5, 0.6) is 0 Å². The van der Waals surface area contributed by atoms with Crippen molar-refractivity contribution < 1.29 is 28.7 Å². The minimum absolute atomic E-state index is 0.0675. The molecule has 44 heavy (non-hydrogen) atoms. The molecule has 1 aliphatic carbocycles. The summed E-state index contributed by atoms with van der Waals surface area (Å²) >= 11 is 1.52. The number of nitrogens with zero attached hydrogens (tertiary/aromatic N) is 3. The van der Waals surface area contributed by atoms with Gasteiger partial charge in [-0.1, -0.05) is 31.4 Å². The number of ether oxygens (including phenoxy) is 1. The molecule has 5 aliphatic rings. The number of nitrogens with one attached hydrogen (secondary N) is 2. The summed E-state index contributed by atoms with van der Waals surface area (Å²) in [5.74, 6) is -0.367. The number of morpholine rings is 1. The third-order valence-corrected chi connectivity index (χ3v) is 10.6. The molecule has 0 spiro atoms. The molecule has 4 heterocycles. The molecule has 3 unspecified atom stereocenters. The Morgan fingerprint density at radius 3 is 2.39 bits per heavy atom. The van der Waals surface area contributed by atoms with Gasteiger partial charge in [0.1, 0.15) is 24.4 Å². The van der Waals surface area contributed by atoms with Crippen molar-refractivity contribution in [2.24, 2.45) is 5.92 Å². The number of esters is 1. The number of amides is 3. The van der Waals surface area contributed by atoms with Gasteiger partial charge in [0.2, 0.25) is 17.6 Å². The fourth-order valence-electron chi connectivity index (χ4n) is 7.18. The van der Waals surface area contributed by atoms with Crippen LogP contribution in [0, 0.1) is 5.92 Å². The number of benzene rings is 1. The molecule has 0 aromatic heterocycles. The van der Waals surface area contributed by atoms with E-state index >= 15 is 0 Å². The number of hydrogen-bond acceptors (Lipinski definition) is 9. The molecule has 4 fully saturated rings. The van der Waals surface area contributed by atoms with Crippen molar-refractivity contribution in [2.45, 2.75) is 88.7 Å². The van der Waals surface area contributed by atoms with Crippen LogP contribution in [0.15, 0.2) is 35.4 Å². The SMILES string of the molecule is CN[C@@H](C)C(=O)N[C@H](C(=O)N1CCCC1N1CSC=C1C(=O)c1ccc(C(=O)N2CC3CC2C(=O)O3)cc1)C1CCCCC1. The summed E-state index contributed by atoms with van der Waals surface area (Å²) in [5.41, 5.74) is 1.40. The number of Topliss-reactive ketones (excluding diaryl/α,β-unsaturated/α-hetero) is 1. The molecule has 11 nitrogen and oxygen atoms in total. The molecule has 2 bridgehead atoms. The van der Waals surface area contributed by atoms with Crippen LogP contribution in [0.2, 0.25) is 0 Å². The van der Waals surface area contributed by atoms with Gasteiger partial charge in [0.05, 0.1) is 24.2 Å². The van der Waals surface area contributed by atoms with E-state index in [2.05, 4.69) is 10.6 Å². The van der Waals surface area contributed by atoms with Gasteiger partial charge in [0, 0.05) is 29.5 Å². The van der Waals surface area contributed by atoms with E-state index in [-0.39, 0.29) is 47.7 Å². The van der Waals surface area contributed by atoms with Crippen molar-refractivity contribution >= 4 is 41.2 Å². The van der Waals surface area contributed by atoms with Crippen LogP contribution in [0.4, 0.5) is 0 Å². The molecule has 3 saturated heterocycles. The number of likely N-dealkylation sites (N-methyl/N-ethyl adjacent to an activating group) is 1. The normalized spacial score (nSPS) is 26.4. The number of thioether (sulfide) groups is 1. The largest absolute Gasteiger partial charge is 0.459 e. The van der Waals surface area contributed by atoms with Gasteiger partial charge in [-0.3, -0.25) is 19.2 Å². The molecule has 3 amide bonds. The lowest BCUT2D eigenvalue weighted by molar-refractivity contribution is -0.149. The van der Waals surface area contributed by atoms with E-state index in [1.807, 2.05) is 15.2 Å². The Kier molecular flexibility index (Phi) is 9.00. The quantitative estimate of drug-likeness (QED) is 0.315. The van der Waals surface area contributed by atoms with Crippen molar-refractivity contribution in [3.63, 3.8) is 0 Å². The predicted molar refractivity (Wildman–Crippen MR) is 164 cm³/mol. The second-order valence-electron chi connectivity index (χ2n) is 12.5. The molecule has 236 valence electrons. The minimum Gasteiger partial charge on any atom is -0.459 e. The Labute approximate surface area is 262 Å². The van der Waals surface area contributed by atoms with Crippen molar-refractivity contribution in [3.8, 4) is 0 Å². The molecule has 2 N–H and O–H groups in total. The first-order valence-corrected chi connectivity index (χ1v) is 16.8. The molecule has 1 saturated carbocycles. The highest BCUT2D eigenvalue weighted by molar-refractivity contribution is 8.02. The van der Waals surface area contributed by atoms with E-state index in [0.29, 0.717) is 42.2 Å². The average molecular weight is 624 g/mol. The van der Waals surface area contributed by atoms with Crippen LogP contribution in [-0.4, -0.2) is 101 Å². The summed E-state index contributed by atoms with van der Waals surface area (Å²) in [6.07, 6.45) is 6.66. The molecule has 12 heteroatoms. The first-order chi connectivity index (χ1) is 21.3. The van der Waals surface area contributed by atoms with E-state index in [1.54, 1.807) is 43.1 Å². The van der Waals surface area contributed by atoms with Crippen LogP contribution in [0.25, 0.3) is 0 Å². The van der Waals surface area contributed by atoms with Crippen LogP contribution >= 0.6 is 11.8 Å². The zero-order valence-electron chi connectivity index (χ0n) is 25.3. The topological polar surface area (TPSA) is 128 Å². The number of carbonyl (C=O) groups excluding carboxylic acids is 5. The van der Waals surface area contributed by atoms with E-state index in [0.717, 1.165) is 44.9 Å². The van der Waals surface area contributed by atoms with Crippen LogP contribution in [0.3, 0.4) is 0 Å². The van der Waals surface area contributed by atoms with Crippen LogP contribution in [0.1, 0.15) is 79.0 Å². The number of carbonyl (C=O) groups is 5. The van der Waals surface area contributed by atoms with Gasteiger partial charge >= 0.3 is 5.97 Å². The van der Waals surface area contributed by atoms with Crippen molar-refractivity contribution in [3.05, 3.63) is 46.5 Å². The summed E-state index contributed by atoms with van der Waals surface area (Å²) in [6, 6.07) is 5.05. The lowest BCUT2D eigenvalue weighted by Gasteiger charge is -2.39. The lowest BCUT2D eigenvalue weighted by atomic mass is 9.83. The number of likely N-dealkylation sites (tertiary alicyclic amines) is 2. The maximum atomic E-state index is 14.2. The van der Waals surface area contributed by atoms with Gasteiger partial charge < -0.3 is 30.1 Å². The van der Waals surface area contributed by atoms with Crippen molar-refractivity contribution in [1.82, 2.24) is 25.3 Å². The Morgan fingerprint density at radius 2 is 1.70 bits per heavy atom. The van der Waals surface area contributed by atoms with Gasteiger partial charge in [0.15, 0.2) is 0 Å². The lowest BCUT2D eigenvalue weighted by Crippen LogP contribution is -2.58. The second kappa shape index (κ2) is 12.9. The molecule has 0 radical (unpaired) electrons. The monoisotopic (exact) mass is 623 g/mol. The highest BCUT2D eigenvalue weighted by atomic mass is 32.2. The summed E-state index contributed by atoms with van der Waals surface area (Å²) in [5, 5.41) is 7.90. The fourth-order valence-corrected chi connectivity index (χ4v) is 8.13. The maximum absolute atomic E-state index is 14.2. The number of hydrogen-bond donors (Lipinski definition) is 2. The predicted octanol–water partition coefficient (Wildman–Crippen LogP) is 2.48. The molecular weight excluding hydrogens is 582 g/mol. The molecule has 6 rings (SSSR count). The number of ketones is 1. The second-order valence-corrected chi connectivity index (χ2v) is 13.3. The first-order valence-electron chi connectivity index (χ1n) is 15.8. The zero-order valence-corrected chi connectivity index (χ0v) is 26.1. The van der Waals surface area contributed by atoms with E-state index in [9.17, 15) is 24.0 Å². The van der Waals surface area contributed by atoms with Gasteiger partial charge in [-0.25, -0.2) is 4.79 Å². The van der Waals surface area contributed by atoms with Gasteiger partial charge in [0.25, 0.3) is 5.91 Å². The minimum atomic E-state index is -0.588. The smallest absolute Gasteiger partial charge is 0.329 e. The fraction of sp³-hybridized carbons (Fsp3) is 0.594. The Morgan fingerprint density at radius 1 is 0.977 bits per heavy atom. The standard InChI is InChI=1S/C32H41N5O6S/c1-19(33-2)29(39)34-27(20-7-4-3-5-8-20)31(41)35-14-6-9-26(35)37-18-44-17-25(37)28(38)21-10-12-22(13-11-21)30(40)36-16-23-15-24(36)32(42)43-23/h10-13,17,19-20,23-24,26-27,33H,3-9,14-16,18H2,1-2H3,(H,34,39)/t19-,23?,24?,26?,27-/m0/s1. The Balaban J connectivity index is 1.15.